The molecule has 2 heteroatoms. The number of hydrogen-bond donors (Lipinski definition) is 0. The van der Waals surface area contributed by atoms with Gasteiger partial charge < -0.3 is 0 Å². The highest BCUT2D eigenvalue weighted by molar-refractivity contribution is 9.10. The van der Waals surface area contributed by atoms with E-state index in [-0.39, 0.29) is 4.47 Å². The minimum Gasteiger partial charge on any atom is -0.198 e. The normalized spacial score (nSPS) is 18.8. The maximum atomic E-state index is 8.62. The zero-order chi connectivity index (χ0) is 12.7. The molecule has 0 N–H and O–H groups in total. The van der Waals surface area contributed by atoms with E-state index in [1.165, 1.54) is 6.07 Å². The molecule has 10 heavy (non-hydrogen) atoms. The van der Waals surface area contributed by atoms with Crippen LogP contribution in [-0.4, -0.2) is 0 Å². The monoisotopic (exact) mass is 201 g/mol. The summed E-state index contributed by atoms with van der Waals surface area (Å²) in [4.78, 5) is 0. The predicted molar refractivity (Wildman–Crippen MR) is 43.5 cm³/mol. The zero-order valence-corrected chi connectivity index (χ0v) is 6.41. The van der Waals surface area contributed by atoms with Gasteiger partial charge in [0.05, 0.1) is 17.9 Å². The fraction of sp³-hybridized carbons (Fsp3) is 0.125. The van der Waals surface area contributed by atoms with Gasteiger partial charge in [0, 0.05) is 7.21 Å². The van der Waals surface area contributed by atoms with Gasteiger partial charge in [-0.15, -0.1) is 0 Å². The Hall–Kier alpha value is -0.810. The molecule has 0 bridgehead atoms. The summed E-state index contributed by atoms with van der Waals surface area (Å²) in [6.07, 6.45) is -2.54. The Balaban J connectivity index is 3.73. The van der Waals surface area contributed by atoms with Crippen LogP contribution in [0.1, 0.15) is 13.8 Å². The van der Waals surface area contributed by atoms with Crippen LogP contribution in [0.15, 0.2) is 28.6 Å². The first-order valence-corrected chi connectivity index (χ1v) is 3.21. The van der Waals surface area contributed by atoms with E-state index in [9.17, 15) is 0 Å². The highest BCUT2D eigenvalue weighted by Crippen LogP contribution is 2.10. The van der Waals surface area contributed by atoms with Gasteiger partial charge >= 0.3 is 0 Å². The molecule has 0 aliphatic carbocycles. The van der Waals surface area contributed by atoms with Crippen molar-refractivity contribution in [2.24, 2.45) is 0 Å². The third-order valence-electron chi connectivity index (χ3n) is 0.775. The minimum atomic E-state index is -2.54. The average Bonchev–Trinajstić information content (AvgIpc) is 2.23. The van der Waals surface area contributed by atoms with Crippen LogP contribution >= 0.6 is 15.9 Å². The van der Waals surface area contributed by atoms with E-state index < -0.39 is 36.1 Å². The minimum absolute atomic E-state index is 0.0417. The van der Waals surface area contributed by atoms with Crippen LogP contribution in [0, 0.1) is 11.3 Å². The van der Waals surface area contributed by atoms with E-state index in [0.717, 1.165) is 0 Å². The van der Waals surface area contributed by atoms with Crippen molar-refractivity contribution in [3.63, 3.8) is 0 Å². The molecular weight excluding hydrogens is 190 g/mol. The van der Waals surface area contributed by atoms with Gasteiger partial charge in [0.1, 0.15) is 0 Å². The van der Waals surface area contributed by atoms with Crippen molar-refractivity contribution < 1.29 is 8.22 Å². The van der Waals surface area contributed by atoms with Crippen molar-refractivity contribution in [1.29, 1.82) is 5.26 Å². The maximum absolute atomic E-state index is 8.62. The molecular formula is C8H6BrN. The van der Waals surface area contributed by atoms with Gasteiger partial charge in [0.15, 0.2) is 0 Å². The molecule has 0 aromatic heterocycles. The van der Waals surface area contributed by atoms with Crippen LogP contribution in [0.2, 0.25) is 0 Å². The number of hydrogen-bond acceptors (Lipinski definition) is 1. The lowest BCUT2D eigenvalue weighted by atomic mass is 10.2. The van der Waals surface area contributed by atoms with E-state index in [2.05, 4.69) is 15.9 Å². The highest BCUT2D eigenvalue weighted by Gasteiger charge is 1.89. The lowest BCUT2D eigenvalue weighted by molar-refractivity contribution is 1.26. The molecule has 0 unspecified atom stereocenters. The third-order valence-corrected chi connectivity index (χ3v) is 1.17. The van der Waals surface area contributed by atoms with Gasteiger partial charge in [0.25, 0.3) is 0 Å². The smallest absolute Gasteiger partial charge is 0.0669 e. The predicted octanol–water partition coefficient (Wildman–Crippen LogP) is 2.52. The van der Waals surface area contributed by atoms with E-state index in [1.54, 1.807) is 0 Å². The summed E-state index contributed by atoms with van der Waals surface area (Å²) in [5, 5.41) is 8.62. The molecule has 0 aliphatic heterocycles. The summed E-state index contributed by atoms with van der Waals surface area (Å²) in [5.74, 6) is 0. The molecule has 0 spiro atoms. The van der Waals surface area contributed by atoms with Gasteiger partial charge in [-0.05, 0) is 17.6 Å². The van der Waals surface area contributed by atoms with Gasteiger partial charge in [-0.25, -0.2) is 0 Å². The number of nitrogens with zero attached hydrogens (tertiary/aromatic N) is 1. The van der Waals surface area contributed by atoms with Crippen molar-refractivity contribution in [2.75, 3.05) is 0 Å². The molecule has 0 radical (unpaired) electrons. The van der Waals surface area contributed by atoms with Crippen molar-refractivity contribution in [3.8, 4) is 6.07 Å². The van der Waals surface area contributed by atoms with Crippen molar-refractivity contribution in [1.82, 2.24) is 0 Å². The topological polar surface area (TPSA) is 23.8 Å². The molecule has 0 fully saturated rings. The standard InChI is InChI=1S/C8H6BrN/c9-8-3-1-7(2-4-8)5-6-10/h1-4H,5H2/i1D,2D,3D,4D,5D2. The highest BCUT2D eigenvalue weighted by atomic mass is 79.9. The second kappa shape index (κ2) is 3.38. The number of benzene rings is 1. The number of nitriles is 1. The summed E-state index contributed by atoms with van der Waals surface area (Å²) >= 11 is 2.88. The largest absolute Gasteiger partial charge is 0.198 e. The molecule has 1 aromatic carbocycles. The van der Waals surface area contributed by atoms with Crippen LogP contribution in [-0.2, 0) is 6.37 Å². The van der Waals surface area contributed by atoms with Crippen LogP contribution in [0.5, 0.6) is 0 Å². The fourth-order valence-corrected chi connectivity index (χ4v) is 0.614. The maximum Gasteiger partial charge on any atom is 0.0669 e. The quantitative estimate of drug-likeness (QED) is 0.686. The van der Waals surface area contributed by atoms with E-state index in [0.29, 0.717) is 0 Å². The van der Waals surface area contributed by atoms with Gasteiger partial charge in [0.2, 0.25) is 0 Å². The van der Waals surface area contributed by atoms with Crippen molar-refractivity contribution in [3.05, 3.63) is 34.2 Å². The SMILES string of the molecule is [2H]c1c([2H])c(C([2H])([2H])C#N)c([2H])c([2H])c1Br. The van der Waals surface area contributed by atoms with Gasteiger partial charge in [-0.1, -0.05) is 28.0 Å². The molecule has 0 atom stereocenters. The van der Waals surface area contributed by atoms with Crippen molar-refractivity contribution in [2.45, 2.75) is 6.37 Å². The zero-order valence-electron chi connectivity index (χ0n) is 10.8. The van der Waals surface area contributed by atoms with Crippen molar-refractivity contribution >= 4 is 15.9 Å². The summed E-state index contributed by atoms with van der Waals surface area (Å²) in [6, 6.07) is -0.547. The van der Waals surface area contributed by atoms with Crippen LogP contribution < -0.4 is 0 Å². The number of rotatable bonds is 1. The first-order chi connectivity index (χ1) is 7.24. The van der Waals surface area contributed by atoms with E-state index >= 15 is 0 Å². The van der Waals surface area contributed by atoms with Crippen LogP contribution in [0.3, 0.4) is 0 Å². The van der Waals surface area contributed by atoms with Gasteiger partial charge in [-0.2, -0.15) is 5.26 Å². The molecule has 0 saturated carbocycles. The second-order valence-corrected chi connectivity index (χ2v) is 2.22. The van der Waals surface area contributed by atoms with Crippen LogP contribution in [0.25, 0.3) is 0 Å². The molecule has 1 nitrogen and oxygen atoms in total. The molecule has 0 aliphatic rings. The third kappa shape index (κ3) is 1.85. The lowest BCUT2D eigenvalue weighted by Crippen LogP contribution is -1.78. The molecule has 1 rings (SSSR count). The molecule has 0 heterocycles. The first kappa shape index (κ1) is 2.67. The molecule has 1 aromatic rings. The van der Waals surface area contributed by atoms with E-state index in [1.807, 2.05) is 0 Å². The Morgan fingerprint density at radius 3 is 2.70 bits per heavy atom. The Kier molecular flexibility index (Phi) is 0.903. The summed E-state index contributed by atoms with van der Waals surface area (Å²) in [7, 11) is 0. The Labute approximate surface area is 76.9 Å². The Morgan fingerprint density at radius 1 is 1.60 bits per heavy atom. The first-order valence-electron chi connectivity index (χ1n) is 5.41. The summed E-state index contributed by atoms with van der Waals surface area (Å²) in [5.41, 5.74) is -0.534. The Morgan fingerprint density at radius 2 is 2.20 bits per heavy atom. The lowest BCUT2D eigenvalue weighted by Gasteiger charge is -1.92. The Bertz CT molecular complexity index is 463. The van der Waals surface area contributed by atoms with Gasteiger partial charge in [-0.3, -0.25) is 0 Å². The molecule has 50 valence electrons. The van der Waals surface area contributed by atoms with E-state index in [4.69, 9.17) is 13.5 Å². The fourth-order valence-electron chi connectivity index (χ4n) is 0.416. The molecule has 0 amide bonds. The number of halogens is 1. The molecule has 0 saturated heterocycles. The van der Waals surface area contributed by atoms with Crippen LogP contribution in [0.4, 0.5) is 0 Å². The second-order valence-electron chi connectivity index (χ2n) is 1.43. The summed E-state index contributed by atoms with van der Waals surface area (Å²) < 4.78 is 44.6. The average molecular weight is 202 g/mol. The summed E-state index contributed by atoms with van der Waals surface area (Å²) in [6.45, 7) is 0.